The Morgan fingerprint density at radius 3 is 2.88 bits per heavy atom. The minimum absolute atomic E-state index is 0.137. The maximum atomic E-state index is 13.4. The SMILES string of the molecule is C#CC(C)(C)Oc1nc(NCCC)ncc1F. The van der Waals surface area contributed by atoms with Gasteiger partial charge < -0.3 is 10.1 Å². The largest absolute Gasteiger partial charge is 0.456 e. The van der Waals surface area contributed by atoms with E-state index in [1.54, 1.807) is 13.8 Å². The highest BCUT2D eigenvalue weighted by atomic mass is 19.1. The third kappa shape index (κ3) is 3.91. The molecule has 17 heavy (non-hydrogen) atoms. The van der Waals surface area contributed by atoms with E-state index in [2.05, 4.69) is 21.2 Å². The summed E-state index contributed by atoms with van der Waals surface area (Å²) in [7, 11) is 0. The molecule has 0 radical (unpaired) electrons. The predicted molar refractivity (Wildman–Crippen MR) is 64.3 cm³/mol. The van der Waals surface area contributed by atoms with Crippen LogP contribution in [0.25, 0.3) is 0 Å². The van der Waals surface area contributed by atoms with Gasteiger partial charge in [0.1, 0.15) is 0 Å². The zero-order valence-electron chi connectivity index (χ0n) is 10.2. The van der Waals surface area contributed by atoms with E-state index < -0.39 is 11.4 Å². The van der Waals surface area contributed by atoms with Gasteiger partial charge in [0.25, 0.3) is 5.88 Å². The van der Waals surface area contributed by atoms with Crippen molar-refractivity contribution in [2.75, 3.05) is 11.9 Å². The summed E-state index contributed by atoms with van der Waals surface area (Å²) in [5.74, 6) is 1.97. The van der Waals surface area contributed by atoms with Crippen LogP contribution in [0, 0.1) is 18.2 Å². The van der Waals surface area contributed by atoms with E-state index in [0.717, 1.165) is 12.6 Å². The fraction of sp³-hybridized carbons (Fsp3) is 0.500. The van der Waals surface area contributed by atoms with Crippen molar-refractivity contribution < 1.29 is 9.13 Å². The summed E-state index contributed by atoms with van der Waals surface area (Å²) < 4.78 is 18.7. The van der Waals surface area contributed by atoms with Gasteiger partial charge in [0.15, 0.2) is 5.60 Å². The molecule has 0 bridgehead atoms. The quantitative estimate of drug-likeness (QED) is 0.798. The topological polar surface area (TPSA) is 47.0 Å². The number of aromatic nitrogens is 2. The molecule has 1 aromatic heterocycles. The van der Waals surface area contributed by atoms with Crippen LogP contribution in [0.4, 0.5) is 10.3 Å². The van der Waals surface area contributed by atoms with Crippen LogP contribution in [0.1, 0.15) is 27.2 Å². The van der Waals surface area contributed by atoms with Crippen LogP contribution >= 0.6 is 0 Å². The van der Waals surface area contributed by atoms with Gasteiger partial charge in [-0.15, -0.1) is 6.42 Å². The first-order valence-corrected chi connectivity index (χ1v) is 5.41. The number of halogens is 1. The second-order valence-electron chi connectivity index (χ2n) is 4.03. The highest BCUT2D eigenvalue weighted by molar-refractivity contribution is 5.29. The maximum absolute atomic E-state index is 13.4. The van der Waals surface area contributed by atoms with Crippen molar-refractivity contribution in [2.45, 2.75) is 32.8 Å². The second kappa shape index (κ2) is 5.48. The first-order valence-electron chi connectivity index (χ1n) is 5.41. The van der Waals surface area contributed by atoms with Gasteiger partial charge in [-0.25, -0.2) is 4.98 Å². The van der Waals surface area contributed by atoms with E-state index in [1.165, 1.54) is 0 Å². The van der Waals surface area contributed by atoms with Crippen molar-refractivity contribution in [3.05, 3.63) is 12.0 Å². The van der Waals surface area contributed by atoms with Gasteiger partial charge in [-0.2, -0.15) is 9.37 Å². The zero-order chi connectivity index (χ0) is 12.9. The van der Waals surface area contributed by atoms with Crippen molar-refractivity contribution >= 4 is 5.95 Å². The summed E-state index contributed by atoms with van der Waals surface area (Å²) in [5.41, 5.74) is -0.906. The lowest BCUT2D eigenvalue weighted by Gasteiger charge is -2.19. The molecule has 1 aromatic rings. The van der Waals surface area contributed by atoms with Crippen LogP contribution in [0.2, 0.25) is 0 Å². The Labute approximate surface area is 101 Å². The Morgan fingerprint density at radius 2 is 2.29 bits per heavy atom. The first kappa shape index (κ1) is 13.2. The van der Waals surface area contributed by atoms with E-state index >= 15 is 0 Å². The molecule has 0 atom stereocenters. The molecule has 0 fully saturated rings. The lowest BCUT2D eigenvalue weighted by molar-refractivity contribution is 0.156. The van der Waals surface area contributed by atoms with E-state index in [4.69, 9.17) is 11.2 Å². The lowest BCUT2D eigenvalue weighted by Crippen LogP contribution is -2.26. The fourth-order valence-electron chi connectivity index (χ4n) is 1.02. The first-order chi connectivity index (χ1) is 7.98. The number of terminal acetylenes is 1. The van der Waals surface area contributed by atoms with Gasteiger partial charge in [-0.3, -0.25) is 0 Å². The number of nitrogens with one attached hydrogen (secondary N) is 1. The average Bonchev–Trinajstić information content (AvgIpc) is 2.30. The standard InChI is InChI=1S/C12H16FN3O/c1-5-7-14-11-15-8-9(13)10(16-11)17-12(3,4)6-2/h2,8H,5,7H2,1,3-4H3,(H,14,15,16). The van der Waals surface area contributed by atoms with Crippen LogP contribution < -0.4 is 10.1 Å². The van der Waals surface area contributed by atoms with E-state index in [1.807, 2.05) is 6.92 Å². The monoisotopic (exact) mass is 237 g/mol. The van der Waals surface area contributed by atoms with Gasteiger partial charge in [0.05, 0.1) is 6.20 Å². The number of nitrogens with zero attached hydrogens (tertiary/aromatic N) is 2. The summed E-state index contributed by atoms with van der Waals surface area (Å²) in [5, 5.41) is 2.95. The Hall–Kier alpha value is -1.83. The average molecular weight is 237 g/mol. The molecule has 0 aliphatic rings. The van der Waals surface area contributed by atoms with Crippen LogP contribution in [0.3, 0.4) is 0 Å². The zero-order valence-corrected chi connectivity index (χ0v) is 10.2. The molecule has 0 aliphatic heterocycles. The Balaban J connectivity index is 2.88. The molecule has 0 unspecified atom stereocenters. The van der Waals surface area contributed by atoms with Gasteiger partial charge in [0, 0.05) is 6.54 Å². The van der Waals surface area contributed by atoms with Crippen molar-refractivity contribution in [2.24, 2.45) is 0 Å². The van der Waals surface area contributed by atoms with Crippen LogP contribution in [-0.4, -0.2) is 22.1 Å². The molecule has 0 aliphatic carbocycles. The molecule has 0 saturated heterocycles. The number of hydrogen-bond acceptors (Lipinski definition) is 4. The third-order valence-electron chi connectivity index (χ3n) is 1.94. The van der Waals surface area contributed by atoms with Crippen molar-refractivity contribution in [3.8, 4) is 18.2 Å². The molecule has 0 spiro atoms. The summed E-state index contributed by atoms with van der Waals surface area (Å²) >= 11 is 0. The lowest BCUT2D eigenvalue weighted by atomic mass is 10.1. The smallest absolute Gasteiger partial charge is 0.256 e. The summed E-state index contributed by atoms with van der Waals surface area (Å²) in [6.07, 6.45) is 7.25. The minimum atomic E-state index is -0.906. The highest BCUT2D eigenvalue weighted by Gasteiger charge is 2.19. The van der Waals surface area contributed by atoms with Gasteiger partial charge in [-0.05, 0) is 20.3 Å². The molecule has 1 rings (SSSR count). The molecule has 1 N–H and O–H groups in total. The molecule has 4 nitrogen and oxygen atoms in total. The van der Waals surface area contributed by atoms with E-state index in [9.17, 15) is 4.39 Å². The van der Waals surface area contributed by atoms with Crippen molar-refractivity contribution in [1.82, 2.24) is 9.97 Å². The summed E-state index contributed by atoms with van der Waals surface area (Å²) in [6, 6.07) is 0. The number of rotatable bonds is 5. The Kier molecular flexibility index (Phi) is 4.27. The molecular weight excluding hydrogens is 221 g/mol. The Morgan fingerprint density at radius 1 is 1.59 bits per heavy atom. The molecule has 0 amide bonds. The highest BCUT2D eigenvalue weighted by Crippen LogP contribution is 2.19. The van der Waals surface area contributed by atoms with Gasteiger partial charge in [0.2, 0.25) is 11.8 Å². The molecule has 5 heteroatoms. The molecular formula is C12H16FN3O. The van der Waals surface area contributed by atoms with Crippen LogP contribution in [0.5, 0.6) is 5.88 Å². The van der Waals surface area contributed by atoms with Gasteiger partial charge in [-0.1, -0.05) is 12.8 Å². The van der Waals surface area contributed by atoms with Crippen LogP contribution in [0.15, 0.2) is 6.20 Å². The Bertz CT molecular complexity index is 426. The molecule has 1 heterocycles. The molecule has 0 aromatic carbocycles. The van der Waals surface area contributed by atoms with Crippen molar-refractivity contribution in [3.63, 3.8) is 0 Å². The van der Waals surface area contributed by atoms with Crippen LogP contribution in [-0.2, 0) is 0 Å². The third-order valence-corrected chi connectivity index (χ3v) is 1.94. The number of anilines is 1. The minimum Gasteiger partial charge on any atom is -0.456 e. The molecule has 0 saturated carbocycles. The summed E-state index contributed by atoms with van der Waals surface area (Å²) in [6.45, 7) is 6.04. The summed E-state index contributed by atoms with van der Waals surface area (Å²) in [4.78, 5) is 7.73. The van der Waals surface area contributed by atoms with E-state index in [-0.39, 0.29) is 5.88 Å². The van der Waals surface area contributed by atoms with E-state index in [0.29, 0.717) is 12.5 Å². The second-order valence-corrected chi connectivity index (χ2v) is 4.03. The number of hydrogen-bond donors (Lipinski definition) is 1. The molecule has 92 valence electrons. The number of ether oxygens (including phenoxy) is 1. The van der Waals surface area contributed by atoms with Gasteiger partial charge >= 0.3 is 0 Å². The fourth-order valence-corrected chi connectivity index (χ4v) is 1.02. The normalized spacial score (nSPS) is 10.8. The predicted octanol–water partition coefficient (Wildman–Crippen LogP) is 2.23. The maximum Gasteiger partial charge on any atom is 0.256 e. The van der Waals surface area contributed by atoms with Crippen molar-refractivity contribution in [1.29, 1.82) is 0 Å².